The van der Waals surface area contributed by atoms with Gasteiger partial charge in [0.05, 0.1) is 12.1 Å². The molecular formula is C18H27NO3. The van der Waals surface area contributed by atoms with E-state index in [9.17, 15) is 9.90 Å². The van der Waals surface area contributed by atoms with Crippen LogP contribution in [0.2, 0.25) is 0 Å². The van der Waals surface area contributed by atoms with Crippen molar-refractivity contribution in [2.45, 2.75) is 64.7 Å². The molecule has 1 aliphatic rings. The first-order valence-electron chi connectivity index (χ1n) is 8.09. The van der Waals surface area contributed by atoms with Crippen LogP contribution in [0.1, 0.15) is 43.7 Å². The Hall–Kier alpha value is -1.55. The Kier molecular flexibility index (Phi) is 5.46. The van der Waals surface area contributed by atoms with Crippen LogP contribution < -0.4 is 4.74 Å². The highest BCUT2D eigenvalue weighted by molar-refractivity contribution is 5.81. The van der Waals surface area contributed by atoms with Gasteiger partial charge in [0.25, 0.3) is 5.91 Å². The van der Waals surface area contributed by atoms with Crippen molar-refractivity contribution in [3.63, 3.8) is 0 Å². The van der Waals surface area contributed by atoms with E-state index in [-0.39, 0.29) is 11.9 Å². The Morgan fingerprint density at radius 2 is 2.00 bits per heavy atom. The number of likely N-dealkylation sites (N-methyl/N-ethyl adjacent to an activating group) is 1. The first kappa shape index (κ1) is 16.8. The molecule has 4 nitrogen and oxygen atoms in total. The number of amides is 1. The van der Waals surface area contributed by atoms with Crippen molar-refractivity contribution < 1.29 is 14.6 Å². The van der Waals surface area contributed by atoms with Crippen LogP contribution >= 0.6 is 0 Å². The van der Waals surface area contributed by atoms with Crippen molar-refractivity contribution >= 4 is 5.91 Å². The number of aliphatic hydroxyl groups excluding tert-OH is 1. The van der Waals surface area contributed by atoms with Gasteiger partial charge in [-0.2, -0.15) is 0 Å². The van der Waals surface area contributed by atoms with E-state index in [1.807, 2.05) is 32.0 Å². The molecule has 1 aromatic rings. The summed E-state index contributed by atoms with van der Waals surface area (Å²) in [4.78, 5) is 14.2. The highest BCUT2D eigenvalue weighted by Crippen LogP contribution is 2.25. The molecule has 1 N–H and O–H groups in total. The summed E-state index contributed by atoms with van der Waals surface area (Å²) in [6.45, 7) is 5.80. The number of benzene rings is 1. The molecule has 0 aromatic heterocycles. The van der Waals surface area contributed by atoms with Crippen molar-refractivity contribution in [1.82, 2.24) is 4.90 Å². The van der Waals surface area contributed by atoms with Crippen molar-refractivity contribution in [3.8, 4) is 5.75 Å². The van der Waals surface area contributed by atoms with Crippen molar-refractivity contribution in [2.75, 3.05) is 7.05 Å². The lowest BCUT2D eigenvalue weighted by Gasteiger charge is -2.36. The topological polar surface area (TPSA) is 49.8 Å². The standard InChI is InChI=1S/C18H27NO3/c1-12-8-7-11-17(13(12)2)22-14(3)18(21)19(4)15-9-5-6-10-16(15)20/h7-8,11,14-16,20H,5-6,9-10H2,1-4H3/t14-,15+,16-/m1/s1. The van der Waals surface area contributed by atoms with E-state index in [1.165, 1.54) is 0 Å². The minimum atomic E-state index is -0.556. The van der Waals surface area contributed by atoms with E-state index in [4.69, 9.17) is 4.74 Å². The van der Waals surface area contributed by atoms with Gasteiger partial charge in [-0.25, -0.2) is 0 Å². The number of aryl methyl sites for hydroxylation is 1. The normalized spacial score (nSPS) is 23.0. The van der Waals surface area contributed by atoms with Crippen LogP contribution in [0.25, 0.3) is 0 Å². The number of rotatable bonds is 4. The third-order valence-electron chi connectivity index (χ3n) is 4.75. The number of nitrogens with zero attached hydrogens (tertiary/aromatic N) is 1. The van der Waals surface area contributed by atoms with E-state index < -0.39 is 12.2 Å². The Balaban J connectivity index is 2.03. The molecule has 0 aliphatic heterocycles. The Bertz CT molecular complexity index is 529. The van der Waals surface area contributed by atoms with Gasteiger partial charge in [-0.1, -0.05) is 25.0 Å². The van der Waals surface area contributed by atoms with Gasteiger partial charge in [0.2, 0.25) is 0 Å². The maximum absolute atomic E-state index is 12.6. The zero-order valence-corrected chi connectivity index (χ0v) is 14.0. The number of carbonyl (C=O) groups is 1. The largest absolute Gasteiger partial charge is 0.481 e. The molecule has 0 unspecified atom stereocenters. The van der Waals surface area contributed by atoms with Gasteiger partial charge >= 0.3 is 0 Å². The molecule has 1 aromatic carbocycles. The molecule has 22 heavy (non-hydrogen) atoms. The first-order valence-corrected chi connectivity index (χ1v) is 8.09. The average Bonchev–Trinajstić information content (AvgIpc) is 2.51. The lowest BCUT2D eigenvalue weighted by Crippen LogP contribution is -2.50. The van der Waals surface area contributed by atoms with E-state index in [1.54, 1.807) is 18.9 Å². The lowest BCUT2D eigenvalue weighted by atomic mass is 9.91. The molecule has 0 radical (unpaired) electrons. The van der Waals surface area contributed by atoms with Crippen LogP contribution in [0.15, 0.2) is 18.2 Å². The van der Waals surface area contributed by atoms with Gasteiger partial charge in [0.1, 0.15) is 5.75 Å². The van der Waals surface area contributed by atoms with Crippen molar-refractivity contribution in [2.24, 2.45) is 0 Å². The molecule has 1 amide bonds. The number of hydrogen-bond donors (Lipinski definition) is 1. The molecule has 2 rings (SSSR count). The SMILES string of the molecule is Cc1cccc(O[C@H](C)C(=O)N(C)[C@H]2CCCC[C@H]2O)c1C. The van der Waals surface area contributed by atoms with Crippen LogP contribution in [0.4, 0.5) is 0 Å². The van der Waals surface area contributed by atoms with Gasteiger partial charge in [0.15, 0.2) is 6.10 Å². The summed E-state index contributed by atoms with van der Waals surface area (Å²) in [5.74, 6) is 0.672. The predicted molar refractivity (Wildman–Crippen MR) is 87.0 cm³/mol. The van der Waals surface area contributed by atoms with Crippen LogP contribution in [-0.2, 0) is 4.79 Å². The van der Waals surface area contributed by atoms with Crippen LogP contribution in [-0.4, -0.2) is 41.2 Å². The molecule has 3 atom stereocenters. The highest BCUT2D eigenvalue weighted by Gasteiger charge is 2.32. The summed E-state index contributed by atoms with van der Waals surface area (Å²) in [7, 11) is 1.77. The highest BCUT2D eigenvalue weighted by atomic mass is 16.5. The van der Waals surface area contributed by atoms with Gasteiger partial charge in [0, 0.05) is 7.05 Å². The van der Waals surface area contributed by atoms with E-state index in [2.05, 4.69) is 0 Å². The second-order valence-electron chi connectivity index (χ2n) is 6.33. The summed E-state index contributed by atoms with van der Waals surface area (Å²) in [6.07, 6.45) is 2.75. The third-order valence-corrected chi connectivity index (χ3v) is 4.75. The molecule has 4 heteroatoms. The van der Waals surface area contributed by atoms with E-state index in [0.717, 1.165) is 42.6 Å². The Morgan fingerprint density at radius 1 is 1.32 bits per heavy atom. The molecule has 1 fully saturated rings. The minimum Gasteiger partial charge on any atom is -0.481 e. The van der Waals surface area contributed by atoms with Crippen LogP contribution in [0, 0.1) is 13.8 Å². The average molecular weight is 305 g/mol. The molecule has 1 saturated carbocycles. The van der Waals surface area contributed by atoms with Crippen molar-refractivity contribution in [1.29, 1.82) is 0 Å². The first-order chi connectivity index (χ1) is 10.4. The number of aliphatic hydroxyl groups is 1. The second kappa shape index (κ2) is 7.14. The van der Waals surface area contributed by atoms with Gasteiger partial charge in [-0.15, -0.1) is 0 Å². The zero-order valence-electron chi connectivity index (χ0n) is 14.0. The number of ether oxygens (including phenoxy) is 1. The summed E-state index contributed by atoms with van der Waals surface area (Å²) in [5, 5.41) is 10.1. The Morgan fingerprint density at radius 3 is 2.68 bits per heavy atom. The Labute approximate surface area is 133 Å². The molecule has 0 saturated heterocycles. The smallest absolute Gasteiger partial charge is 0.263 e. The molecule has 122 valence electrons. The number of carbonyl (C=O) groups excluding carboxylic acids is 1. The molecular weight excluding hydrogens is 278 g/mol. The quantitative estimate of drug-likeness (QED) is 0.930. The fraction of sp³-hybridized carbons (Fsp3) is 0.611. The summed E-state index contributed by atoms with van der Waals surface area (Å²) >= 11 is 0. The summed E-state index contributed by atoms with van der Waals surface area (Å²) in [6, 6.07) is 5.76. The fourth-order valence-electron chi connectivity index (χ4n) is 3.09. The summed E-state index contributed by atoms with van der Waals surface area (Å²) in [5.41, 5.74) is 2.20. The molecule has 0 heterocycles. The maximum Gasteiger partial charge on any atom is 0.263 e. The maximum atomic E-state index is 12.6. The molecule has 1 aliphatic carbocycles. The fourth-order valence-corrected chi connectivity index (χ4v) is 3.09. The van der Waals surface area contributed by atoms with Crippen molar-refractivity contribution in [3.05, 3.63) is 29.3 Å². The third kappa shape index (κ3) is 3.61. The molecule has 0 spiro atoms. The minimum absolute atomic E-state index is 0.0770. The van der Waals surface area contributed by atoms with Gasteiger partial charge < -0.3 is 14.7 Å². The van der Waals surface area contributed by atoms with Crippen LogP contribution in [0.5, 0.6) is 5.75 Å². The van der Waals surface area contributed by atoms with E-state index in [0.29, 0.717) is 0 Å². The zero-order chi connectivity index (χ0) is 16.3. The van der Waals surface area contributed by atoms with Gasteiger partial charge in [-0.3, -0.25) is 4.79 Å². The van der Waals surface area contributed by atoms with Crippen LogP contribution in [0.3, 0.4) is 0 Å². The summed E-state index contributed by atoms with van der Waals surface area (Å²) < 4.78 is 5.86. The second-order valence-corrected chi connectivity index (χ2v) is 6.33. The molecule has 0 bridgehead atoms. The van der Waals surface area contributed by atoms with Gasteiger partial charge in [-0.05, 0) is 50.8 Å². The number of hydrogen-bond acceptors (Lipinski definition) is 3. The monoisotopic (exact) mass is 305 g/mol. The van der Waals surface area contributed by atoms with E-state index >= 15 is 0 Å². The lowest BCUT2D eigenvalue weighted by molar-refractivity contribution is -0.142. The predicted octanol–water partition coefficient (Wildman–Crippen LogP) is 2.83.